The Morgan fingerprint density at radius 3 is 2.91 bits per heavy atom. The van der Waals surface area contributed by atoms with Gasteiger partial charge in [-0.2, -0.15) is 0 Å². The number of aliphatic hydroxyl groups is 1. The molecule has 2 atom stereocenters. The Morgan fingerprint density at radius 2 is 2.22 bits per heavy atom. The summed E-state index contributed by atoms with van der Waals surface area (Å²) in [6, 6.07) is 9.06. The zero-order valence-electron chi connectivity index (χ0n) is 12.7. The fourth-order valence-corrected chi connectivity index (χ4v) is 2.61. The van der Waals surface area contributed by atoms with E-state index in [0.717, 1.165) is 4.88 Å². The number of amides is 2. The molecule has 2 amide bonds. The van der Waals surface area contributed by atoms with E-state index in [1.165, 1.54) is 18.2 Å². The van der Waals surface area contributed by atoms with Gasteiger partial charge >= 0.3 is 6.03 Å². The average molecular weight is 338 g/mol. The van der Waals surface area contributed by atoms with Gasteiger partial charge in [-0.05, 0) is 30.5 Å². The van der Waals surface area contributed by atoms with Gasteiger partial charge in [0.05, 0.1) is 6.04 Å². The molecule has 1 heterocycles. The van der Waals surface area contributed by atoms with Crippen molar-refractivity contribution in [3.63, 3.8) is 0 Å². The zero-order valence-corrected chi connectivity index (χ0v) is 13.5. The molecule has 1 aromatic carbocycles. The van der Waals surface area contributed by atoms with Crippen molar-refractivity contribution in [3.05, 3.63) is 52.5 Å². The molecule has 1 aromatic heterocycles. The van der Waals surface area contributed by atoms with Gasteiger partial charge in [-0.25, -0.2) is 9.18 Å². The van der Waals surface area contributed by atoms with E-state index < -0.39 is 11.9 Å². The second-order valence-corrected chi connectivity index (χ2v) is 5.99. The summed E-state index contributed by atoms with van der Waals surface area (Å²) in [6.45, 7) is 1.89. The highest BCUT2D eigenvalue weighted by atomic mass is 32.1. The van der Waals surface area contributed by atoms with Crippen molar-refractivity contribution >= 4 is 17.4 Å². The summed E-state index contributed by atoms with van der Waals surface area (Å²) in [5.41, 5.74) is 0. The van der Waals surface area contributed by atoms with Crippen molar-refractivity contribution in [2.75, 3.05) is 13.2 Å². The lowest BCUT2D eigenvalue weighted by molar-refractivity contribution is 0.107. The van der Waals surface area contributed by atoms with Crippen molar-refractivity contribution in [1.29, 1.82) is 0 Å². The van der Waals surface area contributed by atoms with Gasteiger partial charge in [0, 0.05) is 17.5 Å². The van der Waals surface area contributed by atoms with Crippen LogP contribution in [-0.4, -0.2) is 30.4 Å². The molecule has 0 saturated heterocycles. The molecular weight excluding hydrogens is 319 g/mol. The molecule has 2 rings (SSSR count). The minimum absolute atomic E-state index is 0.0375. The number of aliphatic hydroxyl groups excluding tert-OH is 1. The van der Waals surface area contributed by atoms with Crippen LogP contribution in [0.2, 0.25) is 0 Å². The maximum absolute atomic E-state index is 13.0. The summed E-state index contributed by atoms with van der Waals surface area (Å²) < 4.78 is 18.2. The van der Waals surface area contributed by atoms with Crippen LogP contribution in [0.4, 0.5) is 9.18 Å². The average Bonchev–Trinajstić information content (AvgIpc) is 3.05. The molecule has 0 aliphatic carbocycles. The normalized spacial score (nSPS) is 13.2. The number of urea groups is 1. The predicted molar refractivity (Wildman–Crippen MR) is 87.2 cm³/mol. The predicted octanol–water partition coefficient (Wildman–Crippen LogP) is 2.69. The number of benzene rings is 1. The number of halogens is 1. The summed E-state index contributed by atoms with van der Waals surface area (Å²) >= 11 is 1.56. The van der Waals surface area contributed by atoms with E-state index in [-0.39, 0.29) is 25.2 Å². The molecule has 5 nitrogen and oxygen atoms in total. The quantitative estimate of drug-likeness (QED) is 0.727. The molecule has 0 bridgehead atoms. The van der Waals surface area contributed by atoms with E-state index in [0.29, 0.717) is 5.75 Å². The lowest BCUT2D eigenvalue weighted by Crippen LogP contribution is -2.42. The van der Waals surface area contributed by atoms with Crippen molar-refractivity contribution in [1.82, 2.24) is 10.6 Å². The highest BCUT2D eigenvalue weighted by molar-refractivity contribution is 7.10. The van der Waals surface area contributed by atoms with Crippen LogP contribution in [0.25, 0.3) is 0 Å². The van der Waals surface area contributed by atoms with Crippen LogP contribution in [0, 0.1) is 5.82 Å². The SMILES string of the molecule is CC(NC(=O)NCC(O)COc1cccc(F)c1)c1cccs1. The number of hydrogen-bond donors (Lipinski definition) is 3. The standard InChI is InChI=1S/C16H19FN2O3S/c1-11(15-6-3-7-23-15)19-16(21)18-9-13(20)10-22-14-5-2-4-12(17)8-14/h2-8,11,13,20H,9-10H2,1H3,(H2,18,19,21). The van der Waals surface area contributed by atoms with Crippen molar-refractivity contribution < 1.29 is 19.0 Å². The van der Waals surface area contributed by atoms with E-state index in [9.17, 15) is 14.3 Å². The third-order valence-electron chi connectivity index (χ3n) is 3.05. The van der Waals surface area contributed by atoms with Crippen molar-refractivity contribution in [3.8, 4) is 5.75 Å². The Kier molecular flexibility index (Phi) is 6.37. The van der Waals surface area contributed by atoms with Crippen molar-refractivity contribution in [2.45, 2.75) is 19.1 Å². The molecular formula is C16H19FN2O3S. The molecule has 2 unspecified atom stereocenters. The molecule has 0 saturated carbocycles. The first kappa shape index (κ1) is 17.2. The van der Waals surface area contributed by atoms with E-state index in [1.54, 1.807) is 17.4 Å². The van der Waals surface area contributed by atoms with Gasteiger partial charge in [0.1, 0.15) is 24.3 Å². The molecule has 0 radical (unpaired) electrons. The minimum atomic E-state index is -0.888. The second kappa shape index (κ2) is 8.50. The van der Waals surface area contributed by atoms with Gasteiger partial charge in [-0.15, -0.1) is 11.3 Å². The molecule has 0 fully saturated rings. The van der Waals surface area contributed by atoms with E-state index in [2.05, 4.69) is 10.6 Å². The lowest BCUT2D eigenvalue weighted by Gasteiger charge is -2.16. The summed E-state index contributed by atoms with van der Waals surface area (Å²) in [7, 11) is 0. The van der Waals surface area contributed by atoms with Gasteiger partial charge in [0.2, 0.25) is 0 Å². The van der Waals surface area contributed by atoms with E-state index in [1.807, 2.05) is 24.4 Å². The van der Waals surface area contributed by atoms with Crippen molar-refractivity contribution in [2.24, 2.45) is 0 Å². The summed E-state index contributed by atoms with van der Waals surface area (Å²) in [4.78, 5) is 12.8. The highest BCUT2D eigenvalue weighted by Crippen LogP contribution is 2.17. The van der Waals surface area contributed by atoms with Crippen LogP contribution in [0.3, 0.4) is 0 Å². The second-order valence-electron chi connectivity index (χ2n) is 5.01. The molecule has 0 aliphatic heterocycles. The van der Waals surface area contributed by atoms with Crippen LogP contribution < -0.4 is 15.4 Å². The first-order valence-electron chi connectivity index (χ1n) is 7.19. The minimum Gasteiger partial charge on any atom is -0.491 e. The largest absolute Gasteiger partial charge is 0.491 e. The van der Waals surface area contributed by atoms with Crippen LogP contribution in [-0.2, 0) is 0 Å². The number of thiophene rings is 1. The van der Waals surface area contributed by atoms with Gasteiger partial charge in [0.25, 0.3) is 0 Å². The fourth-order valence-electron chi connectivity index (χ4n) is 1.88. The first-order valence-corrected chi connectivity index (χ1v) is 8.07. The maximum Gasteiger partial charge on any atom is 0.315 e. The molecule has 7 heteroatoms. The molecule has 23 heavy (non-hydrogen) atoms. The van der Waals surface area contributed by atoms with Gasteiger partial charge in [-0.3, -0.25) is 0 Å². The Labute approximate surface area is 138 Å². The molecule has 3 N–H and O–H groups in total. The fraction of sp³-hybridized carbons (Fsp3) is 0.312. The molecule has 124 valence electrons. The maximum atomic E-state index is 13.0. The lowest BCUT2D eigenvalue weighted by atomic mass is 10.3. The topological polar surface area (TPSA) is 70.6 Å². The number of ether oxygens (including phenoxy) is 1. The first-order chi connectivity index (χ1) is 11.0. The number of carbonyl (C=O) groups is 1. The Balaban J connectivity index is 1.67. The monoisotopic (exact) mass is 338 g/mol. The van der Waals surface area contributed by atoms with Gasteiger partial charge < -0.3 is 20.5 Å². The number of carbonyl (C=O) groups excluding carboxylic acids is 1. The number of nitrogens with one attached hydrogen (secondary N) is 2. The zero-order chi connectivity index (χ0) is 16.7. The Hall–Kier alpha value is -2.12. The molecule has 0 aliphatic rings. The van der Waals surface area contributed by atoms with E-state index in [4.69, 9.17) is 4.74 Å². The number of hydrogen-bond acceptors (Lipinski definition) is 4. The van der Waals surface area contributed by atoms with E-state index >= 15 is 0 Å². The molecule has 0 spiro atoms. The smallest absolute Gasteiger partial charge is 0.315 e. The molecule has 2 aromatic rings. The Morgan fingerprint density at radius 1 is 1.39 bits per heavy atom. The van der Waals surface area contributed by atoms with Gasteiger partial charge in [-0.1, -0.05) is 12.1 Å². The summed E-state index contributed by atoms with van der Waals surface area (Å²) in [5.74, 6) is -0.0723. The van der Waals surface area contributed by atoms with Gasteiger partial charge in [0.15, 0.2) is 0 Å². The van der Waals surface area contributed by atoms with Crippen LogP contribution in [0.15, 0.2) is 41.8 Å². The third kappa shape index (κ3) is 5.88. The van der Waals surface area contributed by atoms with Crippen LogP contribution in [0.1, 0.15) is 17.8 Å². The number of rotatable bonds is 7. The summed E-state index contributed by atoms with van der Waals surface area (Å²) in [6.07, 6.45) is -0.888. The highest BCUT2D eigenvalue weighted by Gasteiger charge is 2.12. The summed E-state index contributed by atoms with van der Waals surface area (Å²) in [5, 5.41) is 17.1. The third-order valence-corrected chi connectivity index (χ3v) is 4.11. The Bertz CT molecular complexity index is 622. The van der Waals surface area contributed by atoms with Crippen LogP contribution in [0.5, 0.6) is 5.75 Å². The van der Waals surface area contributed by atoms with Crippen LogP contribution >= 0.6 is 11.3 Å².